The largest absolute Gasteiger partial charge is 0.461 e. The summed E-state index contributed by atoms with van der Waals surface area (Å²) in [6.07, 6.45) is 2.84. The molecule has 0 N–H and O–H groups in total. The molecule has 0 radical (unpaired) electrons. The molecule has 0 saturated heterocycles. The summed E-state index contributed by atoms with van der Waals surface area (Å²) in [5.41, 5.74) is 3.74. The Hall–Kier alpha value is -2.04. The van der Waals surface area contributed by atoms with Crippen molar-refractivity contribution in [2.24, 2.45) is 0 Å². The van der Waals surface area contributed by atoms with E-state index in [2.05, 4.69) is 25.0 Å². The van der Waals surface area contributed by atoms with E-state index in [0.717, 1.165) is 29.9 Å². The van der Waals surface area contributed by atoms with Crippen molar-refractivity contribution in [1.82, 2.24) is 14.3 Å². The van der Waals surface area contributed by atoms with Gasteiger partial charge in [0.25, 0.3) is 0 Å². The maximum Gasteiger partial charge on any atom is 0.355 e. The van der Waals surface area contributed by atoms with Gasteiger partial charge in [-0.3, -0.25) is 4.68 Å². The third kappa shape index (κ3) is 3.17. The fraction of sp³-hybridized carbons (Fsp3) is 0.500. The summed E-state index contributed by atoms with van der Waals surface area (Å²) in [5.74, 6) is -0.265. The van der Waals surface area contributed by atoms with Crippen LogP contribution < -0.4 is 0 Å². The van der Waals surface area contributed by atoms with Gasteiger partial charge in [-0.25, -0.2) is 4.79 Å². The number of nitrogens with zero attached hydrogens (tertiary/aromatic N) is 3. The molecule has 5 nitrogen and oxygen atoms in total. The highest BCUT2D eigenvalue weighted by molar-refractivity contribution is 5.89. The monoisotopic (exact) mass is 289 g/mol. The normalized spacial score (nSPS) is 10.9. The molecule has 21 heavy (non-hydrogen) atoms. The Kier molecular flexibility index (Phi) is 4.83. The Bertz CT molecular complexity index is 626. The SMILES string of the molecule is CCOC(=O)c1c(C)ccn1Cc1cc(CC)nn1CC. The molecule has 0 spiro atoms. The van der Waals surface area contributed by atoms with Gasteiger partial charge in [0.1, 0.15) is 5.69 Å². The summed E-state index contributed by atoms with van der Waals surface area (Å²) in [4.78, 5) is 12.1. The predicted octanol–water partition coefficient (Wildman–Crippen LogP) is 2.80. The van der Waals surface area contributed by atoms with Gasteiger partial charge in [-0.1, -0.05) is 6.92 Å². The van der Waals surface area contributed by atoms with E-state index in [1.54, 1.807) is 0 Å². The van der Waals surface area contributed by atoms with Crippen LogP contribution in [0.4, 0.5) is 0 Å². The lowest BCUT2D eigenvalue weighted by Gasteiger charge is -2.10. The fourth-order valence-electron chi connectivity index (χ4n) is 2.45. The highest BCUT2D eigenvalue weighted by atomic mass is 16.5. The fourth-order valence-corrected chi connectivity index (χ4v) is 2.45. The maximum atomic E-state index is 12.1. The zero-order valence-electron chi connectivity index (χ0n) is 13.2. The van der Waals surface area contributed by atoms with Gasteiger partial charge in [0.2, 0.25) is 0 Å². The van der Waals surface area contributed by atoms with Gasteiger partial charge in [0, 0.05) is 12.7 Å². The molecule has 0 saturated carbocycles. The van der Waals surface area contributed by atoms with Gasteiger partial charge >= 0.3 is 5.97 Å². The van der Waals surface area contributed by atoms with Crippen molar-refractivity contribution in [2.75, 3.05) is 6.61 Å². The number of aryl methyl sites for hydroxylation is 3. The second-order valence-corrected chi connectivity index (χ2v) is 4.99. The summed E-state index contributed by atoms with van der Waals surface area (Å²) in [7, 11) is 0. The molecule has 2 rings (SSSR count). The minimum absolute atomic E-state index is 0.265. The van der Waals surface area contributed by atoms with Crippen LogP contribution in [0.5, 0.6) is 0 Å². The Balaban J connectivity index is 2.32. The van der Waals surface area contributed by atoms with Crippen molar-refractivity contribution in [3.05, 3.63) is 41.0 Å². The molecule has 2 aromatic rings. The van der Waals surface area contributed by atoms with E-state index in [1.165, 1.54) is 0 Å². The van der Waals surface area contributed by atoms with E-state index < -0.39 is 0 Å². The van der Waals surface area contributed by atoms with Crippen molar-refractivity contribution in [3.8, 4) is 0 Å². The van der Waals surface area contributed by atoms with Crippen molar-refractivity contribution in [1.29, 1.82) is 0 Å². The average Bonchev–Trinajstić information content (AvgIpc) is 3.03. The Labute approximate surface area is 125 Å². The number of carbonyl (C=O) groups is 1. The van der Waals surface area contributed by atoms with Crippen LogP contribution in [0.2, 0.25) is 0 Å². The first-order chi connectivity index (χ1) is 10.1. The molecule has 0 aromatic carbocycles. The summed E-state index contributed by atoms with van der Waals surface area (Å²) in [6.45, 7) is 9.75. The molecule has 0 bridgehead atoms. The molecule has 0 fully saturated rings. The Morgan fingerprint density at radius 2 is 2.10 bits per heavy atom. The number of ether oxygens (including phenoxy) is 1. The molecule has 0 unspecified atom stereocenters. The number of carbonyl (C=O) groups excluding carboxylic acids is 1. The third-order valence-corrected chi connectivity index (χ3v) is 3.54. The smallest absolute Gasteiger partial charge is 0.355 e. The van der Waals surface area contributed by atoms with E-state index >= 15 is 0 Å². The zero-order valence-corrected chi connectivity index (χ0v) is 13.2. The lowest BCUT2D eigenvalue weighted by molar-refractivity contribution is 0.0513. The lowest BCUT2D eigenvalue weighted by atomic mass is 10.2. The molecule has 114 valence electrons. The number of hydrogen-bond acceptors (Lipinski definition) is 3. The van der Waals surface area contributed by atoms with Gasteiger partial charge < -0.3 is 9.30 Å². The Morgan fingerprint density at radius 1 is 1.33 bits per heavy atom. The Morgan fingerprint density at radius 3 is 2.71 bits per heavy atom. The van der Waals surface area contributed by atoms with Crippen LogP contribution in [0.3, 0.4) is 0 Å². The van der Waals surface area contributed by atoms with Gasteiger partial charge in [0.05, 0.1) is 24.5 Å². The van der Waals surface area contributed by atoms with Crippen molar-refractivity contribution in [3.63, 3.8) is 0 Å². The van der Waals surface area contributed by atoms with E-state index in [-0.39, 0.29) is 5.97 Å². The number of esters is 1. The molecule has 0 aliphatic rings. The molecule has 0 aliphatic heterocycles. The average molecular weight is 289 g/mol. The quantitative estimate of drug-likeness (QED) is 0.768. The van der Waals surface area contributed by atoms with Gasteiger partial charge in [-0.05, 0) is 44.9 Å². The molecule has 0 aliphatic carbocycles. The molecular weight excluding hydrogens is 266 g/mol. The molecule has 2 aromatic heterocycles. The van der Waals surface area contributed by atoms with Crippen LogP contribution in [0.1, 0.15) is 48.2 Å². The van der Waals surface area contributed by atoms with E-state index in [0.29, 0.717) is 18.8 Å². The standard InChI is InChI=1S/C16H23N3O2/c1-5-13-10-14(19(6-2)17-13)11-18-9-8-12(4)15(18)16(20)21-7-3/h8-10H,5-7,11H2,1-4H3. The first-order valence-electron chi connectivity index (χ1n) is 7.49. The first-order valence-corrected chi connectivity index (χ1v) is 7.49. The molecule has 0 amide bonds. The highest BCUT2D eigenvalue weighted by Crippen LogP contribution is 2.15. The van der Waals surface area contributed by atoms with E-state index in [9.17, 15) is 4.79 Å². The molecule has 0 atom stereocenters. The van der Waals surface area contributed by atoms with Gasteiger partial charge in [-0.15, -0.1) is 0 Å². The minimum atomic E-state index is -0.265. The summed E-state index contributed by atoms with van der Waals surface area (Å²) >= 11 is 0. The summed E-state index contributed by atoms with van der Waals surface area (Å²) < 4.78 is 9.08. The van der Waals surface area contributed by atoms with Crippen molar-refractivity contribution in [2.45, 2.75) is 47.2 Å². The highest BCUT2D eigenvalue weighted by Gasteiger charge is 2.17. The van der Waals surface area contributed by atoms with Crippen LogP contribution in [0.15, 0.2) is 18.3 Å². The van der Waals surface area contributed by atoms with Crippen LogP contribution >= 0.6 is 0 Å². The third-order valence-electron chi connectivity index (χ3n) is 3.54. The van der Waals surface area contributed by atoms with E-state index in [4.69, 9.17) is 4.74 Å². The molecule has 5 heteroatoms. The van der Waals surface area contributed by atoms with Crippen LogP contribution in [0, 0.1) is 6.92 Å². The molecular formula is C16H23N3O2. The van der Waals surface area contributed by atoms with Crippen LogP contribution in [-0.4, -0.2) is 26.9 Å². The maximum absolute atomic E-state index is 12.1. The topological polar surface area (TPSA) is 49.1 Å². The summed E-state index contributed by atoms with van der Waals surface area (Å²) in [5, 5.41) is 4.55. The van der Waals surface area contributed by atoms with Crippen molar-refractivity contribution < 1.29 is 9.53 Å². The van der Waals surface area contributed by atoms with E-state index in [1.807, 2.05) is 35.4 Å². The van der Waals surface area contributed by atoms with Crippen LogP contribution in [-0.2, 0) is 24.2 Å². The molecule has 2 heterocycles. The van der Waals surface area contributed by atoms with Gasteiger partial charge in [-0.2, -0.15) is 5.10 Å². The number of aromatic nitrogens is 3. The number of rotatable bonds is 6. The second-order valence-electron chi connectivity index (χ2n) is 4.99. The van der Waals surface area contributed by atoms with Crippen molar-refractivity contribution >= 4 is 5.97 Å². The number of hydrogen-bond donors (Lipinski definition) is 0. The predicted molar refractivity (Wildman–Crippen MR) is 81.5 cm³/mol. The summed E-state index contributed by atoms with van der Waals surface area (Å²) in [6, 6.07) is 4.05. The second kappa shape index (κ2) is 6.61. The lowest BCUT2D eigenvalue weighted by Crippen LogP contribution is -2.15. The van der Waals surface area contributed by atoms with Gasteiger partial charge in [0.15, 0.2) is 0 Å². The van der Waals surface area contributed by atoms with Crippen LogP contribution in [0.25, 0.3) is 0 Å². The minimum Gasteiger partial charge on any atom is -0.461 e. The zero-order chi connectivity index (χ0) is 15.4. The first kappa shape index (κ1) is 15.4.